The summed E-state index contributed by atoms with van der Waals surface area (Å²) in [6.45, 7) is 4.69. The Morgan fingerprint density at radius 1 is 1.06 bits per heavy atom. The van der Waals surface area contributed by atoms with Gasteiger partial charge in [0.15, 0.2) is 0 Å². The first kappa shape index (κ1) is 19.6. The minimum atomic E-state index is -0.100. The number of nitrogens with zero attached hydrogens (tertiary/aromatic N) is 4. The summed E-state index contributed by atoms with van der Waals surface area (Å²) in [6, 6.07) is 16.0. The summed E-state index contributed by atoms with van der Waals surface area (Å²) in [5, 5.41) is 7.37. The molecule has 7 heteroatoms. The van der Waals surface area contributed by atoms with Gasteiger partial charge < -0.3 is 9.42 Å². The summed E-state index contributed by atoms with van der Waals surface area (Å²) in [7, 11) is 0. The van der Waals surface area contributed by atoms with Gasteiger partial charge >= 0.3 is 0 Å². The van der Waals surface area contributed by atoms with Crippen molar-refractivity contribution >= 4 is 22.9 Å². The number of benzene rings is 2. The van der Waals surface area contributed by atoms with Gasteiger partial charge in [-0.2, -0.15) is 4.98 Å². The molecule has 2 aromatic carbocycles. The van der Waals surface area contributed by atoms with Crippen molar-refractivity contribution in [2.24, 2.45) is 0 Å². The molecule has 1 amide bonds. The fraction of sp³-hybridized carbons (Fsp3) is 0.250. The van der Waals surface area contributed by atoms with Gasteiger partial charge in [0.1, 0.15) is 0 Å². The minimum absolute atomic E-state index is 0.0765. The number of amides is 1. The van der Waals surface area contributed by atoms with Gasteiger partial charge in [0.25, 0.3) is 0 Å². The molecule has 1 fully saturated rings. The number of carbonyl (C=O) groups excluding carboxylic acids is 1. The van der Waals surface area contributed by atoms with E-state index in [1.165, 1.54) is 5.56 Å². The van der Waals surface area contributed by atoms with Crippen molar-refractivity contribution in [2.75, 3.05) is 11.4 Å². The molecule has 1 aliphatic rings. The third-order valence-corrected chi connectivity index (χ3v) is 6.55. The van der Waals surface area contributed by atoms with Gasteiger partial charge in [-0.05, 0) is 25.5 Å². The van der Waals surface area contributed by atoms with Crippen LogP contribution in [0, 0.1) is 6.92 Å². The lowest BCUT2D eigenvalue weighted by molar-refractivity contribution is -0.117. The summed E-state index contributed by atoms with van der Waals surface area (Å²) >= 11 is 1.68. The van der Waals surface area contributed by atoms with Gasteiger partial charge in [-0.15, -0.1) is 11.3 Å². The van der Waals surface area contributed by atoms with Gasteiger partial charge in [0, 0.05) is 35.2 Å². The second-order valence-corrected chi connectivity index (χ2v) is 8.70. The Balaban J connectivity index is 1.32. The van der Waals surface area contributed by atoms with E-state index in [0.717, 1.165) is 33.9 Å². The number of carbonyl (C=O) groups is 1. The molecule has 0 unspecified atom stereocenters. The Labute approximate surface area is 184 Å². The molecule has 1 saturated heterocycles. The topological polar surface area (TPSA) is 72.1 Å². The number of rotatable bonds is 5. The molecule has 2 aromatic heterocycles. The largest absolute Gasteiger partial charge is 0.339 e. The molecule has 156 valence electrons. The zero-order chi connectivity index (χ0) is 21.4. The molecule has 1 aliphatic heterocycles. The molecule has 0 aliphatic carbocycles. The maximum Gasteiger partial charge on any atom is 0.232 e. The van der Waals surface area contributed by atoms with Crippen molar-refractivity contribution in [2.45, 2.75) is 32.6 Å². The standard InChI is InChI=1S/C24H22N4O2S/c1-3-21-25-20(14-31-21)16-6-8-17(9-7-16)23-26-24(30-27-23)18-12-22(29)28(13-18)19-10-4-15(2)5-11-19/h4-11,14,18H,3,12-13H2,1-2H3/t18-/m1/s1. The lowest BCUT2D eigenvalue weighted by Gasteiger charge is -2.16. The Kier molecular flexibility index (Phi) is 5.11. The van der Waals surface area contributed by atoms with E-state index in [4.69, 9.17) is 4.52 Å². The van der Waals surface area contributed by atoms with Gasteiger partial charge in [-0.25, -0.2) is 4.98 Å². The summed E-state index contributed by atoms with van der Waals surface area (Å²) in [6.07, 6.45) is 1.32. The number of thiazole rings is 1. The molecule has 31 heavy (non-hydrogen) atoms. The summed E-state index contributed by atoms with van der Waals surface area (Å²) in [4.78, 5) is 23.6. The number of aryl methyl sites for hydroxylation is 2. The highest BCUT2D eigenvalue weighted by Gasteiger charge is 2.35. The van der Waals surface area contributed by atoms with E-state index in [1.54, 1.807) is 16.2 Å². The SMILES string of the molecule is CCc1nc(-c2ccc(-c3noc([C@@H]4CC(=O)N(c5ccc(C)cc5)C4)n3)cc2)cs1. The Hall–Kier alpha value is -3.32. The average molecular weight is 431 g/mol. The van der Waals surface area contributed by atoms with Crippen LogP contribution in [0.15, 0.2) is 58.4 Å². The van der Waals surface area contributed by atoms with E-state index in [-0.39, 0.29) is 11.8 Å². The molecule has 1 atom stereocenters. The van der Waals surface area contributed by atoms with Crippen LogP contribution in [0.3, 0.4) is 0 Å². The Morgan fingerprint density at radius 2 is 1.81 bits per heavy atom. The second kappa shape index (κ2) is 8.07. The third kappa shape index (κ3) is 3.88. The molecule has 6 nitrogen and oxygen atoms in total. The molecule has 0 N–H and O–H groups in total. The van der Waals surface area contributed by atoms with Crippen molar-refractivity contribution < 1.29 is 9.32 Å². The van der Waals surface area contributed by atoms with Crippen LogP contribution in [0.5, 0.6) is 0 Å². The number of aromatic nitrogens is 3. The van der Waals surface area contributed by atoms with Crippen LogP contribution in [-0.4, -0.2) is 27.6 Å². The maximum atomic E-state index is 12.5. The summed E-state index contributed by atoms with van der Waals surface area (Å²) in [5.41, 5.74) is 5.01. The Bertz CT molecular complexity index is 1210. The molecular weight excluding hydrogens is 408 g/mol. The predicted molar refractivity (Wildman–Crippen MR) is 121 cm³/mol. The van der Waals surface area contributed by atoms with E-state index in [1.807, 2.05) is 55.5 Å². The van der Waals surface area contributed by atoms with Gasteiger partial charge in [0.2, 0.25) is 17.6 Å². The smallest absolute Gasteiger partial charge is 0.232 e. The van der Waals surface area contributed by atoms with Gasteiger partial charge in [0.05, 0.1) is 16.6 Å². The summed E-state index contributed by atoms with van der Waals surface area (Å²) in [5.74, 6) is 1.02. The quantitative estimate of drug-likeness (QED) is 0.432. The summed E-state index contributed by atoms with van der Waals surface area (Å²) < 4.78 is 5.54. The third-order valence-electron chi connectivity index (χ3n) is 5.55. The van der Waals surface area contributed by atoms with E-state index in [9.17, 15) is 4.79 Å². The Morgan fingerprint density at radius 3 is 2.52 bits per heavy atom. The van der Waals surface area contributed by atoms with Crippen molar-refractivity contribution in [1.29, 1.82) is 0 Å². The number of anilines is 1. The lowest BCUT2D eigenvalue weighted by atomic mass is 10.1. The van der Waals surface area contributed by atoms with E-state index in [0.29, 0.717) is 24.7 Å². The van der Waals surface area contributed by atoms with Crippen molar-refractivity contribution in [3.63, 3.8) is 0 Å². The van der Waals surface area contributed by atoms with Gasteiger partial charge in [-0.1, -0.05) is 54.0 Å². The first-order chi connectivity index (χ1) is 15.1. The number of hydrogen-bond acceptors (Lipinski definition) is 6. The van der Waals surface area contributed by atoms with Crippen LogP contribution in [-0.2, 0) is 11.2 Å². The molecule has 0 bridgehead atoms. The zero-order valence-corrected chi connectivity index (χ0v) is 18.2. The maximum absolute atomic E-state index is 12.5. The molecule has 0 spiro atoms. The van der Waals surface area contributed by atoms with Crippen molar-refractivity contribution in [1.82, 2.24) is 15.1 Å². The van der Waals surface area contributed by atoms with E-state index in [2.05, 4.69) is 27.4 Å². The van der Waals surface area contributed by atoms with Crippen molar-refractivity contribution in [3.8, 4) is 22.6 Å². The van der Waals surface area contributed by atoms with E-state index < -0.39 is 0 Å². The van der Waals surface area contributed by atoms with Crippen molar-refractivity contribution in [3.05, 3.63) is 70.4 Å². The first-order valence-corrected chi connectivity index (χ1v) is 11.2. The molecule has 4 aromatic rings. The van der Waals surface area contributed by atoms with Crippen LogP contribution in [0.25, 0.3) is 22.6 Å². The monoisotopic (exact) mass is 430 g/mol. The highest BCUT2D eigenvalue weighted by atomic mass is 32.1. The fourth-order valence-electron chi connectivity index (χ4n) is 3.76. The molecule has 5 rings (SSSR count). The fourth-order valence-corrected chi connectivity index (χ4v) is 4.52. The lowest BCUT2D eigenvalue weighted by Crippen LogP contribution is -2.24. The second-order valence-electron chi connectivity index (χ2n) is 7.75. The minimum Gasteiger partial charge on any atom is -0.339 e. The van der Waals surface area contributed by atoms with Crippen LogP contribution in [0.2, 0.25) is 0 Å². The molecule has 3 heterocycles. The normalized spacial score (nSPS) is 16.3. The molecule has 0 radical (unpaired) electrons. The average Bonchev–Trinajstić information content (AvgIpc) is 3.54. The highest BCUT2D eigenvalue weighted by molar-refractivity contribution is 7.09. The van der Waals surface area contributed by atoms with Crippen LogP contribution in [0.1, 0.15) is 35.7 Å². The zero-order valence-electron chi connectivity index (χ0n) is 17.4. The molecular formula is C24H22N4O2S. The van der Waals surface area contributed by atoms with Gasteiger partial charge in [-0.3, -0.25) is 4.79 Å². The first-order valence-electron chi connectivity index (χ1n) is 10.4. The van der Waals surface area contributed by atoms with Crippen LogP contribution < -0.4 is 4.90 Å². The number of hydrogen-bond donors (Lipinski definition) is 0. The highest BCUT2D eigenvalue weighted by Crippen LogP contribution is 2.32. The predicted octanol–water partition coefficient (Wildman–Crippen LogP) is 5.25. The van der Waals surface area contributed by atoms with Crippen LogP contribution >= 0.6 is 11.3 Å². The van der Waals surface area contributed by atoms with Crippen LogP contribution in [0.4, 0.5) is 5.69 Å². The van der Waals surface area contributed by atoms with E-state index >= 15 is 0 Å². The molecule has 0 saturated carbocycles.